The van der Waals surface area contributed by atoms with E-state index in [1.54, 1.807) is 6.20 Å². The molecule has 23 heavy (non-hydrogen) atoms. The molecule has 0 bridgehead atoms. The number of carboxylic acids is 1. The van der Waals surface area contributed by atoms with Crippen LogP contribution in [0, 0.1) is 5.92 Å². The predicted molar refractivity (Wildman–Crippen MR) is 87.3 cm³/mol. The molecule has 0 saturated heterocycles. The van der Waals surface area contributed by atoms with Crippen molar-refractivity contribution < 1.29 is 14.3 Å². The van der Waals surface area contributed by atoms with Crippen molar-refractivity contribution in [2.75, 3.05) is 6.54 Å². The minimum atomic E-state index is -1.45. The molecule has 0 amide bonds. The highest BCUT2D eigenvalue weighted by Gasteiger charge is 2.42. The minimum absolute atomic E-state index is 0.0733. The number of carbonyl (C=O) groups is 1. The number of hydrogen-bond acceptors (Lipinski definition) is 3. The van der Waals surface area contributed by atoms with E-state index in [1.807, 2.05) is 24.3 Å². The average molecular weight is 337 g/mol. The summed E-state index contributed by atoms with van der Waals surface area (Å²) in [6.07, 6.45) is 2.47. The van der Waals surface area contributed by atoms with Crippen molar-refractivity contribution in [3.8, 4) is 0 Å². The molecule has 1 saturated carbocycles. The summed E-state index contributed by atoms with van der Waals surface area (Å²) in [6, 6.07) is 7.45. The van der Waals surface area contributed by atoms with Gasteiger partial charge in [-0.3, -0.25) is 9.78 Å². The maximum Gasteiger partial charge on any atom is 0.306 e. The Labute approximate surface area is 138 Å². The van der Waals surface area contributed by atoms with Crippen LogP contribution in [0.5, 0.6) is 0 Å². The summed E-state index contributed by atoms with van der Waals surface area (Å²) in [7, 11) is 0. The van der Waals surface area contributed by atoms with Gasteiger partial charge in [0, 0.05) is 29.7 Å². The molecule has 1 heterocycles. The van der Waals surface area contributed by atoms with Gasteiger partial charge < -0.3 is 10.4 Å². The molecular weight excluding hydrogens is 319 g/mol. The SMILES string of the molecule is O=C(O)[C@@H]1CC[C@](F)(CNCc2cc(Cl)cc3cccnc23)C1. The molecular formula is C17H18ClFN2O2. The lowest BCUT2D eigenvalue weighted by atomic mass is 10.0. The fourth-order valence-electron chi connectivity index (χ4n) is 3.23. The van der Waals surface area contributed by atoms with Gasteiger partial charge in [0.15, 0.2) is 0 Å². The molecule has 1 aliphatic rings. The molecule has 6 heteroatoms. The van der Waals surface area contributed by atoms with Crippen LogP contribution in [0.15, 0.2) is 30.5 Å². The fourth-order valence-corrected chi connectivity index (χ4v) is 3.48. The Morgan fingerprint density at radius 1 is 1.52 bits per heavy atom. The summed E-state index contributed by atoms with van der Waals surface area (Å²) in [6.45, 7) is 0.578. The minimum Gasteiger partial charge on any atom is -0.481 e. The molecule has 2 aromatic rings. The van der Waals surface area contributed by atoms with Gasteiger partial charge in [0.1, 0.15) is 5.67 Å². The highest BCUT2D eigenvalue weighted by molar-refractivity contribution is 6.31. The number of fused-ring (bicyclic) bond motifs is 1. The maximum absolute atomic E-state index is 14.7. The van der Waals surface area contributed by atoms with E-state index in [0.29, 0.717) is 18.0 Å². The number of aliphatic carboxylic acids is 1. The van der Waals surface area contributed by atoms with E-state index in [2.05, 4.69) is 10.3 Å². The van der Waals surface area contributed by atoms with E-state index in [4.69, 9.17) is 16.7 Å². The number of nitrogens with one attached hydrogen (secondary N) is 1. The fraction of sp³-hybridized carbons (Fsp3) is 0.412. The summed E-state index contributed by atoms with van der Waals surface area (Å²) in [5.74, 6) is -1.48. The van der Waals surface area contributed by atoms with Crippen LogP contribution >= 0.6 is 11.6 Å². The first-order valence-corrected chi connectivity index (χ1v) is 8.00. The number of halogens is 2. The van der Waals surface area contributed by atoms with Gasteiger partial charge in [-0.2, -0.15) is 0 Å². The van der Waals surface area contributed by atoms with Crippen LogP contribution in [0.4, 0.5) is 4.39 Å². The van der Waals surface area contributed by atoms with E-state index in [0.717, 1.165) is 16.5 Å². The molecule has 2 atom stereocenters. The van der Waals surface area contributed by atoms with Crippen LogP contribution < -0.4 is 5.32 Å². The van der Waals surface area contributed by atoms with Gasteiger partial charge >= 0.3 is 5.97 Å². The monoisotopic (exact) mass is 336 g/mol. The first-order valence-electron chi connectivity index (χ1n) is 7.62. The number of aromatic nitrogens is 1. The number of carboxylic acid groups (broad SMARTS) is 1. The van der Waals surface area contributed by atoms with Crippen LogP contribution in [0.25, 0.3) is 10.9 Å². The molecule has 2 N–H and O–H groups in total. The standard InChI is InChI=1S/C17H18ClFN2O2/c18-14-6-11-2-1-5-21-15(11)13(7-14)9-20-10-17(19)4-3-12(8-17)16(22)23/h1-2,5-7,12,20H,3-4,8-10H2,(H,22,23)/t12-,17-/m1/s1. The molecule has 1 aromatic heterocycles. The van der Waals surface area contributed by atoms with Crippen molar-refractivity contribution in [1.29, 1.82) is 0 Å². The Hall–Kier alpha value is -1.72. The third kappa shape index (κ3) is 3.62. The average Bonchev–Trinajstić information content (AvgIpc) is 2.90. The number of rotatable bonds is 5. The van der Waals surface area contributed by atoms with Crippen LogP contribution in [0.3, 0.4) is 0 Å². The van der Waals surface area contributed by atoms with Crippen molar-refractivity contribution in [2.45, 2.75) is 31.5 Å². The van der Waals surface area contributed by atoms with Gasteiger partial charge in [-0.25, -0.2) is 4.39 Å². The van der Waals surface area contributed by atoms with E-state index >= 15 is 0 Å². The second-order valence-electron chi connectivity index (χ2n) is 6.17. The van der Waals surface area contributed by atoms with Gasteiger partial charge in [0.2, 0.25) is 0 Å². The molecule has 4 nitrogen and oxygen atoms in total. The van der Waals surface area contributed by atoms with Crippen LogP contribution in [-0.2, 0) is 11.3 Å². The van der Waals surface area contributed by atoms with Crippen LogP contribution in [0.2, 0.25) is 5.02 Å². The third-order valence-corrected chi connectivity index (χ3v) is 4.63. The zero-order chi connectivity index (χ0) is 16.4. The Morgan fingerprint density at radius 2 is 2.35 bits per heavy atom. The lowest BCUT2D eigenvalue weighted by molar-refractivity contribution is -0.141. The zero-order valence-electron chi connectivity index (χ0n) is 12.6. The van der Waals surface area contributed by atoms with Crippen molar-refractivity contribution in [1.82, 2.24) is 10.3 Å². The molecule has 0 radical (unpaired) electrons. The summed E-state index contributed by atoms with van der Waals surface area (Å²) in [5.41, 5.74) is 0.293. The second-order valence-corrected chi connectivity index (χ2v) is 6.61. The molecule has 0 unspecified atom stereocenters. The first kappa shape index (κ1) is 16.1. The molecule has 1 fully saturated rings. The van der Waals surface area contributed by atoms with Crippen LogP contribution in [0.1, 0.15) is 24.8 Å². The highest BCUT2D eigenvalue weighted by atomic mass is 35.5. The third-order valence-electron chi connectivity index (χ3n) is 4.41. The Morgan fingerprint density at radius 3 is 3.09 bits per heavy atom. The highest BCUT2D eigenvalue weighted by Crippen LogP contribution is 2.37. The number of benzene rings is 1. The van der Waals surface area contributed by atoms with E-state index in [-0.39, 0.29) is 19.4 Å². The molecule has 1 aromatic carbocycles. The molecule has 122 valence electrons. The predicted octanol–water partition coefficient (Wildman–Crippen LogP) is 3.57. The van der Waals surface area contributed by atoms with Crippen molar-refractivity contribution in [2.24, 2.45) is 5.92 Å². The van der Waals surface area contributed by atoms with Gasteiger partial charge in [0.05, 0.1) is 11.4 Å². The number of hydrogen-bond donors (Lipinski definition) is 2. The largest absolute Gasteiger partial charge is 0.481 e. The molecule has 0 spiro atoms. The smallest absolute Gasteiger partial charge is 0.306 e. The second kappa shape index (κ2) is 6.42. The quantitative estimate of drug-likeness (QED) is 0.876. The Balaban J connectivity index is 1.67. The number of nitrogens with zero attached hydrogens (tertiary/aromatic N) is 1. The Kier molecular flexibility index (Phi) is 4.50. The van der Waals surface area contributed by atoms with Crippen molar-refractivity contribution in [3.05, 3.63) is 41.0 Å². The van der Waals surface area contributed by atoms with Gasteiger partial charge in [0.25, 0.3) is 0 Å². The van der Waals surface area contributed by atoms with Crippen LogP contribution in [-0.4, -0.2) is 28.3 Å². The van der Waals surface area contributed by atoms with E-state index in [9.17, 15) is 9.18 Å². The van der Waals surface area contributed by atoms with Gasteiger partial charge in [-0.15, -0.1) is 0 Å². The maximum atomic E-state index is 14.7. The summed E-state index contributed by atoms with van der Waals surface area (Å²) in [5, 5.41) is 13.6. The lowest BCUT2D eigenvalue weighted by Crippen LogP contribution is -2.34. The topological polar surface area (TPSA) is 62.2 Å². The molecule has 1 aliphatic carbocycles. The molecule has 0 aliphatic heterocycles. The van der Waals surface area contributed by atoms with E-state index in [1.165, 1.54) is 0 Å². The van der Waals surface area contributed by atoms with E-state index < -0.39 is 17.6 Å². The first-order chi connectivity index (χ1) is 11.0. The lowest BCUT2D eigenvalue weighted by Gasteiger charge is -2.20. The van der Waals surface area contributed by atoms with Crippen molar-refractivity contribution in [3.63, 3.8) is 0 Å². The summed E-state index contributed by atoms with van der Waals surface area (Å²) in [4.78, 5) is 15.3. The molecule has 3 rings (SSSR count). The summed E-state index contributed by atoms with van der Waals surface area (Å²) >= 11 is 6.12. The van der Waals surface area contributed by atoms with Gasteiger partial charge in [-0.1, -0.05) is 17.7 Å². The number of alkyl halides is 1. The van der Waals surface area contributed by atoms with Gasteiger partial charge in [-0.05, 0) is 43.0 Å². The summed E-state index contributed by atoms with van der Waals surface area (Å²) < 4.78 is 14.7. The number of pyridine rings is 1. The normalized spacial score (nSPS) is 24.2. The zero-order valence-corrected chi connectivity index (χ0v) is 13.3. The van der Waals surface area contributed by atoms with Crippen molar-refractivity contribution >= 4 is 28.5 Å². The Bertz CT molecular complexity index is 740.